The first-order valence-electron chi connectivity index (χ1n) is 7.54. The molecule has 0 spiro atoms. The second kappa shape index (κ2) is 5.25. The van der Waals surface area contributed by atoms with E-state index < -0.39 is 0 Å². The van der Waals surface area contributed by atoms with E-state index in [1.54, 1.807) is 0 Å². The molecule has 3 fully saturated rings. The van der Waals surface area contributed by atoms with Gasteiger partial charge in [-0.2, -0.15) is 0 Å². The number of nitrogens with zero attached hydrogens (tertiary/aromatic N) is 2. The summed E-state index contributed by atoms with van der Waals surface area (Å²) in [5.74, 6) is 1.92. The molecule has 0 aromatic heterocycles. The van der Waals surface area contributed by atoms with Crippen LogP contribution in [0.2, 0.25) is 0 Å². The molecule has 0 amide bonds. The molecule has 98 valence electrons. The fourth-order valence-electron chi connectivity index (χ4n) is 4.01. The van der Waals surface area contributed by atoms with Crippen molar-refractivity contribution in [2.24, 2.45) is 11.8 Å². The summed E-state index contributed by atoms with van der Waals surface area (Å²) < 4.78 is 0. The van der Waals surface area contributed by atoms with E-state index in [2.05, 4.69) is 22.0 Å². The van der Waals surface area contributed by atoms with E-state index in [9.17, 15) is 0 Å². The largest absolute Gasteiger partial charge is 0.316 e. The second-order valence-corrected chi connectivity index (χ2v) is 6.21. The van der Waals surface area contributed by atoms with Crippen LogP contribution >= 0.6 is 0 Å². The Morgan fingerprint density at radius 3 is 2.29 bits per heavy atom. The smallest absolute Gasteiger partial charge is 0.0120 e. The standard InChI is InChI=1S/C14H27N3/c1-2-5-16-6-3-14(4-7-16)17-10-12-8-15-9-13(12)11-17/h12-15H,2-11H2,1H3/t12-,13+. The van der Waals surface area contributed by atoms with Crippen LogP contribution in [0, 0.1) is 11.8 Å². The van der Waals surface area contributed by atoms with Gasteiger partial charge in [0.2, 0.25) is 0 Å². The molecule has 3 saturated heterocycles. The summed E-state index contributed by atoms with van der Waals surface area (Å²) in [6.07, 6.45) is 4.13. The molecule has 0 aliphatic carbocycles. The van der Waals surface area contributed by atoms with Crippen molar-refractivity contribution in [2.45, 2.75) is 32.2 Å². The fourth-order valence-corrected chi connectivity index (χ4v) is 4.01. The van der Waals surface area contributed by atoms with Gasteiger partial charge >= 0.3 is 0 Å². The summed E-state index contributed by atoms with van der Waals surface area (Å²) in [5, 5.41) is 3.54. The van der Waals surface area contributed by atoms with E-state index >= 15 is 0 Å². The number of likely N-dealkylation sites (tertiary alicyclic amines) is 2. The van der Waals surface area contributed by atoms with Crippen LogP contribution in [-0.4, -0.2) is 61.7 Å². The van der Waals surface area contributed by atoms with Gasteiger partial charge in [-0.05, 0) is 63.8 Å². The average Bonchev–Trinajstić information content (AvgIpc) is 2.90. The number of hydrogen-bond donors (Lipinski definition) is 1. The molecule has 0 unspecified atom stereocenters. The summed E-state index contributed by atoms with van der Waals surface area (Å²) in [6.45, 7) is 11.6. The van der Waals surface area contributed by atoms with Gasteiger partial charge in [-0.15, -0.1) is 0 Å². The highest BCUT2D eigenvalue weighted by Crippen LogP contribution is 2.30. The summed E-state index contributed by atoms with van der Waals surface area (Å²) in [6, 6.07) is 0.897. The van der Waals surface area contributed by atoms with Crippen LogP contribution in [0.5, 0.6) is 0 Å². The van der Waals surface area contributed by atoms with Crippen molar-refractivity contribution >= 4 is 0 Å². The highest BCUT2D eigenvalue weighted by atomic mass is 15.2. The number of piperidine rings is 1. The van der Waals surface area contributed by atoms with E-state index in [0.717, 1.165) is 17.9 Å². The molecule has 0 radical (unpaired) electrons. The number of nitrogens with one attached hydrogen (secondary N) is 1. The van der Waals surface area contributed by atoms with E-state index in [0.29, 0.717) is 0 Å². The monoisotopic (exact) mass is 237 g/mol. The minimum atomic E-state index is 0.897. The lowest BCUT2D eigenvalue weighted by molar-refractivity contribution is 0.121. The SMILES string of the molecule is CCCN1CCC(N2C[C@H]3CNC[C@H]3C2)CC1. The van der Waals surface area contributed by atoms with Crippen molar-refractivity contribution < 1.29 is 0 Å². The van der Waals surface area contributed by atoms with Gasteiger partial charge in [0, 0.05) is 19.1 Å². The number of hydrogen-bond acceptors (Lipinski definition) is 3. The minimum Gasteiger partial charge on any atom is -0.316 e. The van der Waals surface area contributed by atoms with Crippen molar-refractivity contribution in [2.75, 3.05) is 45.8 Å². The molecule has 3 aliphatic rings. The zero-order valence-corrected chi connectivity index (χ0v) is 11.2. The Morgan fingerprint density at radius 2 is 1.71 bits per heavy atom. The van der Waals surface area contributed by atoms with Crippen LogP contribution < -0.4 is 5.32 Å². The van der Waals surface area contributed by atoms with E-state index in [1.165, 1.54) is 65.1 Å². The number of fused-ring (bicyclic) bond motifs is 1. The Hall–Kier alpha value is -0.120. The van der Waals surface area contributed by atoms with Crippen LogP contribution in [0.1, 0.15) is 26.2 Å². The summed E-state index contributed by atoms with van der Waals surface area (Å²) in [5.41, 5.74) is 0. The Bertz CT molecular complexity index is 236. The van der Waals surface area contributed by atoms with E-state index in [1.807, 2.05) is 0 Å². The van der Waals surface area contributed by atoms with Gasteiger partial charge in [0.05, 0.1) is 0 Å². The van der Waals surface area contributed by atoms with Crippen LogP contribution in [0.15, 0.2) is 0 Å². The summed E-state index contributed by atoms with van der Waals surface area (Å²) in [7, 11) is 0. The van der Waals surface area contributed by atoms with Crippen molar-refractivity contribution in [1.29, 1.82) is 0 Å². The molecule has 0 saturated carbocycles. The fraction of sp³-hybridized carbons (Fsp3) is 1.00. The third-order valence-corrected chi connectivity index (χ3v) is 5.03. The zero-order chi connectivity index (χ0) is 11.7. The van der Waals surface area contributed by atoms with Gasteiger partial charge in [-0.1, -0.05) is 6.92 Å². The van der Waals surface area contributed by atoms with Crippen molar-refractivity contribution in [3.63, 3.8) is 0 Å². The van der Waals surface area contributed by atoms with Crippen LogP contribution in [0.25, 0.3) is 0 Å². The highest BCUT2D eigenvalue weighted by molar-refractivity contribution is 4.94. The topological polar surface area (TPSA) is 18.5 Å². The molecule has 3 aliphatic heterocycles. The van der Waals surface area contributed by atoms with Crippen LogP contribution in [0.4, 0.5) is 0 Å². The highest BCUT2D eigenvalue weighted by Gasteiger charge is 2.39. The maximum absolute atomic E-state index is 3.54. The lowest BCUT2D eigenvalue weighted by Crippen LogP contribution is -2.45. The first-order valence-corrected chi connectivity index (χ1v) is 7.54. The van der Waals surface area contributed by atoms with E-state index in [-0.39, 0.29) is 0 Å². The van der Waals surface area contributed by atoms with Crippen molar-refractivity contribution in [1.82, 2.24) is 15.1 Å². The lowest BCUT2D eigenvalue weighted by atomic mass is 10.0. The van der Waals surface area contributed by atoms with Crippen molar-refractivity contribution in [3.05, 3.63) is 0 Å². The molecular weight excluding hydrogens is 210 g/mol. The molecule has 17 heavy (non-hydrogen) atoms. The molecule has 0 aromatic rings. The maximum Gasteiger partial charge on any atom is 0.0120 e. The summed E-state index contributed by atoms with van der Waals surface area (Å²) >= 11 is 0. The van der Waals surface area contributed by atoms with Crippen molar-refractivity contribution in [3.8, 4) is 0 Å². The summed E-state index contributed by atoms with van der Waals surface area (Å²) in [4.78, 5) is 5.45. The molecule has 0 bridgehead atoms. The molecule has 3 nitrogen and oxygen atoms in total. The van der Waals surface area contributed by atoms with E-state index in [4.69, 9.17) is 0 Å². The van der Waals surface area contributed by atoms with Crippen LogP contribution in [0.3, 0.4) is 0 Å². The predicted molar refractivity (Wildman–Crippen MR) is 71.2 cm³/mol. The molecular formula is C14H27N3. The first kappa shape index (κ1) is 11.9. The van der Waals surface area contributed by atoms with Gasteiger partial charge in [0.25, 0.3) is 0 Å². The third-order valence-electron chi connectivity index (χ3n) is 5.03. The molecule has 3 heteroatoms. The minimum absolute atomic E-state index is 0.897. The third kappa shape index (κ3) is 2.51. The van der Waals surface area contributed by atoms with Gasteiger partial charge in [0.15, 0.2) is 0 Å². The van der Waals surface area contributed by atoms with Gasteiger partial charge < -0.3 is 10.2 Å². The average molecular weight is 237 g/mol. The number of rotatable bonds is 3. The Balaban J connectivity index is 1.47. The predicted octanol–water partition coefficient (Wildman–Crippen LogP) is 1.01. The molecule has 2 atom stereocenters. The Morgan fingerprint density at radius 1 is 1.06 bits per heavy atom. The zero-order valence-electron chi connectivity index (χ0n) is 11.2. The maximum atomic E-state index is 3.54. The molecule has 3 heterocycles. The lowest BCUT2D eigenvalue weighted by Gasteiger charge is -2.37. The Labute approximate surface area is 106 Å². The second-order valence-electron chi connectivity index (χ2n) is 6.21. The Kier molecular flexibility index (Phi) is 3.69. The van der Waals surface area contributed by atoms with Crippen LogP contribution in [-0.2, 0) is 0 Å². The molecule has 1 N–H and O–H groups in total. The first-order chi connectivity index (χ1) is 8.36. The van der Waals surface area contributed by atoms with Gasteiger partial charge in [-0.25, -0.2) is 0 Å². The molecule has 3 rings (SSSR count). The van der Waals surface area contributed by atoms with Gasteiger partial charge in [-0.3, -0.25) is 4.90 Å². The quantitative estimate of drug-likeness (QED) is 0.790. The normalized spacial score (nSPS) is 36.5. The molecule has 0 aromatic carbocycles. The van der Waals surface area contributed by atoms with Gasteiger partial charge in [0.1, 0.15) is 0 Å².